The lowest BCUT2D eigenvalue weighted by Crippen LogP contribution is -1.98. The van der Waals surface area contributed by atoms with Gasteiger partial charge in [0.15, 0.2) is 0 Å². The Labute approximate surface area is 206 Å². The van der Waals surface area contributed by atoms with Crippen molar-refractivity contribution in [3.63, 3.8) is 0 Å². The molecule has 4 rings (SSSR count). The van der Waals surface area contributed by atoms with E-state index in [1.807, 2.05) is 19.1 Å². The number of hydrogen-bond donors (Lipinski definition) is 3. The van der Waals surface area contributed by atoms with E-state index in [1.54, 1.807) is 12.1 Å². The lowest BCUT2D eigenvalue weighted by Gasteiger charge is -2.07. The van der Waals surface area contributed by atoms with Gasteiger partial charge in [-0.25, -0.2) is 0 Å². The SMILES string of the molecule is Cc1ccc(N=Nc2ccc(N=Nc3c(N)ccc4cc(S(=O)(=O)O)ccc34)c(S(=O)(=O)O)c2)cc1. The van der Waals surface area contributed by atoms with Crippen LogP contribution in [0.3, 0.4) is 0 Å². The van der Waals surface area contributed by atoms with E-state index < -0.39 is 25.1 Å². The minimum Gasteiger partial charge on any atom is -0.397 e. The summed E-state index contributed by atoms with van der Waals surface area (Å²) in [5, 5.41) is 16.9. The first kappa shape index (κ1) is 25.1. The van der Waals surface area contributed by atoms with Crippen molar-refractivity contribution >= 4 is 59.4 Å². The molecule has 0 aromatic heterocycles. The zero-order chi connectivity index (χ0) is 26.1. The Hall–Kier alpha value is -4.04. The quantitative estimate of drug-likeness (QED) is 0.155. The summed E-state index contributed by atoms with van der Waals surface area (Å²) in [5.74, 6) is 0. The Morgan fingerprint density at radius 2 is 1.36 bits per heavy atom. The average molecular weight is 526 g/mol. The second kappa shape index (κ2) is 9.54. The van der Waals surface area contributed by atoms with E-state index in [9.17, 15) is 25.9 Å². The van der Waals surface area contributed by atoms with Crippen molar-refractivity contribution in [2.24, 2.45) is 20.5 Å². The molecule has 0 aliphatic rings. The van der Waals surface area contributed by atoms with Crippen LogP contribution in [0.1, 0.15) is 5.56 Å². The van der Waals surface area contributed by atoms with Gasteiger partial charge >= 0.3 is 0 Å². The zero-order valence-electron chi connectivity index (χ0n) is 18.6. The molecule has 13 heteroatoms. The van der Waals surface area contributed by atoms with E-state index in [2.05, 4.69) is 20.5 Å². The van der Waals surface area contributed by atoms with Crippen LogP contribution in [0.15, 0.2) is 103 Å². The van der Waals surface area contributed by atoms with E-state index >= 15 is 0 Å². The maximum Gasteiger partial charge on any atom is 0.296 e. The number of anilines is 1. The molecule has 0 aliphatic carbocycles. The molecule has 11 nitrogen and oxygen atoms in total. The van der Waals surface area contributed by atoms with Crippen LogP contribution in [0.4, 0.5) is 28.4 Å². The fourth-order valence-electron chi connectivity index (χ4n) is 3.27. The van der Waals surface area contributed by atoms with E-state index in [0.717, 1.165) is 11.6 Å². The summed E-state index contributed by atoms with van der Waals surface area (Å²) in [4.78, 5) is -0.856. The van der Waals surface area contributed by atoms with Gasteiger partial charge in [-0.1, -0.05) is 29.8 Å². The highest BCUT2D eigenvalue weighted by Gasteiger charge is 2.17. The number of nitrogens with zero attached hydrogens (tertiary/aromatic N) is 4. The molecule has 0 fully saturated rings. The summed E-state index contributed by atoms with van der Waals surface area (Å²) in [7, 11) is -9.12. The fourth-order valence-corrected chi connectivity index (χ4v) is 4.42. The number of nitrogen functional groups attached to an aromatic ring is 1. The third kappa shape index (κ3) is 5.60. The molecule has 0 atom stereocenters. The molecule has 0 radical (unpaired) electrons. The van der Waals surface area contributed by atoms with Gasteiger partial charge in [0.25, 0.3) is 20.2 Å². The number of rotatable bonds is 6. The van der Waals surface area contributed by atoms with Gasteiger partial charge in [0.2, 0.25) is 0 Å². The van der Waals surface area contributed by atoms with Crippen LogP contribution in [0.25, 0.3) is 10.8 Å². The summed E-state index contributed by atoms with van der Waals surface area (Å²) in [6.07, 6.45) is 0. The van der Waals surface area contributed by atoms with Crippen LogP contribution in [0, 0.1) is 6.92 Å². The molecule has 0 amide bonds. The molecule has 0 saturated carbocycles. The van der Waals surface area contributed by atoms with Crippen molar-refractivity contribution < 1.29 is 25.9 Å². The largest absolute Gasteiger partial charge is 0.397 e. The average Bonchev–Trinajstić information content (AvgIpc) is 2.82. The molecular weight excluding hydrogens is 506 g/mol. The minimum atomic E-state index is -4.70. The predicted molar refractivity (Wildman–Crippen MR) is 134 cm³/mol. The minimum absolute atomic E-state index is 0.138. The number of fused-ring (bicyclic) bond motifs is 1. The van der Waals surface area contributed by atoms with Gasteiger partial charge in [-0.2, -0.15) is 27.1 Å². The zero-order valence-corrected chi connectivity index (χ0v) is 20.3. The maximum absolute atomic E-state index is 12.0. The normalized spacial score (nSPS) is 12.6. The second-order valence-electron chi connectivity index (χ2n) is 7.72. The van der Waals surface area contributed by atoms with Crippen molar-refractivity contribution in [1.29, 1.82) is 0 Å². The van der Waals surface area contributed by atoms with Crippen LogP contribution in [-0.2, 0) is 20.2 Å². The molecule has 0 saturated heterocycles. The van der Waals surface area contributed by atoms with E-state index in [4.69, 9.17) is 5.73 Å². The van der Waals surface area contributed by atoms with Crippen LogP contribution < -0.4 is 5.73 Å². The predicted octanol–water partition coefficient (Wildman–Crippen LogP) is 6.05. The fraction of sp³-hybridized carbons (Fsp3) is 0.0435. The maximum atomic E-state index is 12.0. The van der Waals surface area contributed by atoms with Gasteiger partial charge < -0.3 is 5.73 Å². The molecule has 184 valence electrons. The highest BCUT2D eigenvalue weighted by atomic mass is 32.2. The lowest BCUT2D eigenvalue weighted by atomic mass is 10.1. The van der Waals surface area contributed by atoms with Crippen molar-refractivity contribution in [3.05, 3.63) is 78.4 Å². The van der Waals surface area contributed by atoms with Gasteiger partial charge in [0.1, 0.15) is 16.3 Å². The Bertz CT molecular complexity index is 1750. The Morgan fingerprint density at radius 3 is 2.03 bits per heavy atom. The standard InChI is InChI=1S/C23H19N5O6S2/c1-14-2-5-16(6-3-14)25-26-17-7-11-21(22(13-17)36(32,33)34)27-28-23-19-9-8-18(35(29,30)31)12-15(19)4-10-20(23)24/h2-13H,24H2,1H3,(H,29,30,31)(H,32,33,34). The first-order chi connectivity index (χ1) is 16.9. The van der Waals surface area contributed by atoms with E-state index in [1.165, 1.54) is 42.5 Å². The first-order valence-electron chi connectivity index (χ1n) is 10.2. The van der Waals surface area contributed by atoms with Crippen LogP contribution in [0.2, 0.25) is 0 Å². The molecule has 4 N–H and O–H groups in total. The van der Waals surface area contributed by atoms with Crippen molar-refractivity contribution in [2.45, 2.75) is 16.7 Å². The monoisotopic (exact) mass is 525 g/mol. The molecule has 0 bridgehead atoms. The van der Waals surface area contributed by atoms with Crippen molar-refractivity contribution in [2.75, 3.05) is 5.73 Å². The number of azo groups is 2. The van der Waals surface area contributed by atoms with Gasteiger partial charge in [-0.15, -0.1) is 10.2 Å². The summed E-state index contributed by atoms with van der Waals surface area (Å²) in [6.45, 7) is 1.93. The third-order valence-corrected chi connectivity index (χ3v) is 6.82. The molecule has 0 heterocycles. The smallest absolute Gasteiger partial charge is 0.296 e. The Kier molecular flexibility index (Phi) is 6.65. The molecule has 0 spiro atoms. The topological polar surface area (TPSA) is 184 Å². The van der Waals surface area contributed by atoms with Gasteiger partial charge in [0.05, 0.1) is 22.0 Å². The second-order valence-corrected chi connectivity index (χ2v) is 10.5. The Balaban J connectivity index is 1.74. The third-order valence-electron chi connectivity index (χ3n) is 5.09. The molecule has 4 aromatic rings. The highest BCUT2D eigenvalue weighted by Crippen LogP contribution is 2.36. The number of aryl methyl sites for hydroxylation is 1. The van der Waals surface area contributed by atoms with Gasteiger partial charge in [-0.3, -0.25) is 9.11 Å². The van der Waals surface area contributed by atoms with Crippen molar-refractivity contribution in [3.8, 4) is 0 Å². The van der Waals surface area contributed by atoms with Gasteiger partial charge in [-0.05, 0) is 60.8 Å². The summed E-state index contributed by atoms with van der Waals surface area (Å²) in [6, 6.07) is 17.9. The molecule has 4 aromatic carbocycles. The van der Waals surface area contributed by atoms with Crippen LogP contribution in [0.5, 0.6) is 0 Å². The molecule has 36 heavy (non-hydrogen) atoms. The number of nitrogens with two attached hydrogens (primary N) is 1. The Morgan fingerprint density at radius 1 is 0.694 bits per heavy atom. The number of hydrogen-bond acceptors (Lipinski definition) is 9. The number of benzene rings is 4. The highest BCUT2D eigenvalue weighted by molar-refractivity contribution is 7.86. The van der Waals surface area contributed by atoms with Crippen LogP contribution >= 0.6 is 0 Å². The van der Waals surface area contributed by atoms with E-state index in [-0.39, 0.29) is 27.6 Å². The molecule has 0 aliphatic heterocycles. The summed E-state index contributed by atoms with van der Waals surface area (Å²) in [5.41, 5.74) is 7.91. The van der Waals surface area contributed by atoms with Crippen LogP contribution in [-0.4, -0.2) is 25.9 Å². The summed E-state index contributed by atoms with van der Waals surface area (Å²) >= 11 is 0. The molecule has 0 unspecified atom stereocenters. The van der Waals surface area contributed by atoms with Crippen molar-refractivity contribution in [1.82, 2.24) is 0 Å². The summed E-state index contributed by atoms with van der Waals surface area (Å²) < 4.78 is 65.9. The first-order valence-corrected chi connectivity index (χ1v) is 13.1. The lowest BCUT2D eigenvalue weighted by molar-refractivity contribution is 0.481. The van der Waals surface area contributed by atoms with Gasteiger partial charge in [0, 0.05) is 5.39 Å². The van der Waals surface area contributed by atoms with E-state index in [0.29, 0.717) is 16.5 Å². The molecular formula is C23H19N5O6S2.